The van der Waals surface area contributed by atoms with Gasteiger partial charge in [-0.2, -0.15) is 0 Å². The van der Waals surface area contributed by atoms with Crippen LogP contribution in [-0.4, -0.2) is 50.3 Å². The summed E-state index contributed by atoms with van der Waals surface area (Å²) >= 11 is 0. The molecule has 202 valence electrons. The van der Waals surface area contributed by atoms with Crippen molar-refractivity contribution in [3.8, 4) is 0 Å². The molecule has 3 aromatic carbocycles. The van der Waals surface area contributed by atoms with Gasteiger partial charge in [0.05, 0.1) is 10.6 Å². The normalized spacial score (nSPS) is 12.1. The second kappa shape index (κ2) is 13.2. The van der Waals surface area contributed by atoms with E-state index in [2.05, 4.69) is 5.32 Å². The van der Waals surface area contributed by atoms with E-state index < -0.39 is 28.5 Å². The molecule has 0 aliphatic rings. The van der Waals surface area contributed by atoms with Crippen LogP contribution in [0.4, 0.5) is 5.69 Å². The molecule has 8 heteroatoms. The second-order valence-corrected chi connectivity index (χ2v) is 11.4. The van der Waals surface area contributed by atoms with Crippen molar-refractivity contribution in [2.24, 2.45) is 0 Å². The number of rotatable bonds is 12. The van der Waals surface area contributed by atoms with E-state index in [1.54, 1.807) is 30.3 Å². The van der Waals surface area contributed by atoms with Crippen LogP contribution in [0.3, 0.4) is 0 Å². The maximum absolute atomic E-state index is 14.0. The molecule has 0 saturated heterocycles. The smallest absolute Gasteiger partial charge is 0.264 e. The first-order valence-corrected chi connectivity index (χ1v) is 14.4. The molecule has 0 bridgehead atoms. The summed E-state index contributed by atoms with van der Waals surface area (Å²) in [5, 5.41) is 2.91. The van der Waals surface area contributed by atoms with E-state index in [0.717, 1.165) is 15.4 Å². The number of carbonyl (C=O) groups excluding carboxylic acids is 2. The van der Waals surface area contributed by atoms with Gasteiger partial charge >= 0.3 is 0 Å². The van der Waals surface area contributed by atoms with Crippen molar-refractivity contribution in [3.63, 3.8) is 0 Å². The summed E-state index contributed by atoms with van der Waals surface area (Å²) in [7, 11) is -4.06. The number of sulfonamides is 1. The van der Waals surface area contributed by atoms with Crippen LogP contribution in [-0.2, 0) is 26.0 Å². The number of para-hydroxylation sites is 1. The van der Waals surface area contributed by atoms with Gasteiger partial charge in [0, 0.05) is 12.6 Å². The zero-order valence-electron chi connectivity index (χ0n) is 22.5. The van der Waals surface area contributed by atoms with Crippen LogP contribution in [0, 0.1) is 6.92 Å². The number of benzene rings is 3. The van der Waals surface area contributed by atoms with E-state index in [4.69, 9.17) is 0 Å². The molecule has 3 rings (SSSR count). The highest BCUT2D eigenvalue weighted by molar-refractivity contribution is 7.92. The lowest BCUT2D eigenvalue weighted by Crippen LogP contribution is -2.54. The molecular weight excluding hydrogens is 498 g/mol. The highest BCUT2D eigenvalue weighted by Crippen LogP contribution is 2.27. The van der Waals surface area contributed by atoms with E-state index in [0.29, 0.717) is 18.5 Å². The van der Waals surface area contributed by atoms with Gasteiger partial charge in [-0.25, -0.2) is 8.42 Å². The van der Waals surface area contributed by atoms with E-state index in [1.165, 1.54) is 17.0 Å². The minimum Gasteiger partial charge on any atom is -0.352 e. The van der Waals surface area contributed by atoms with Gasteiger partial charge in [-0.3, -0.25) is 13.9 Å². The van der Waals surface area contributed by atoms with E-state index in [1.807, 2.05) is 70.2 Å². The second-order valence-electron chi connectivity index (χ2n) is 9.52. The average Bonchev–Trinajstić information content (AvgIpc) is 2.90. The van der Waals surface area contributed by atoms with Crippen LogP contribution in [0.25, 0.3) is 0 Å². The third kappa shape index (κ3) is 7.22. The van der Waals surface area contributed by atoms with Crippen LogP contribution in [0.1, 0.15) is 38.3 Å². The van der Waals surface area contributed by atoms with E-state index in [-0.39, 0.29) is 23.4 Å². The van der Waals surface area contributed by atoms with Crippen molar-refractivity contribution >= 4 is 27.5 Å². The zero-order chi connectivity index (χ0) is 27.7. The fraction of sp³-hybridized carbons (Fsp3) is 0.333. The SMILES string of the molecule is CC[C@H](C(=O)NC(C)C)N(CCc1ccccc1)C(=O)CN(c1ccccc1C)S(=O)(=O)c1ccccc1. The molecule has 0 aliphatic heterocycles. The number of carbonyl (C=O) groups is 2. The maximum Gasteiger partial charge on any atom is 0.264 e. The first kappa shape index (κ1) is 28.9. The van der Waals surface area contributed by atoms with Gasteiger partial charge in [0.1, 0.15) is 12.6 Å². The molecule has 0 aliphatic carbocycles. The Bertz CT molecular complexity index is 1310. The minimum atomic E-state index is -4.06. The van der Waals surface area contributed by atoms with Gasteiger partial charge in [-0.05, 0) is 62.9 Å². The lowest BCUT2D eigenvalue weighted by molar-refractivity contribution is -0.139. The molecule has 38 heavy (non-hydrogen) atoms. The van der Waals surface area contributed by atoms with Crippen LogP contribution >= 0.6 is 0 Å². The van der Waals surface area contributed by atoms with Crippen molar-refractivity contribution in [2.45, 2.75) is 57.5 Å². The molecule has 3 aromatic rings. The van der Waals surface area contributed by atoms with Gasteiger partial charge < -0.3 is 10.2 Å². The highest BCUT2D eigenvalue weighted by Gasteiger charge is 2.33. The summed E-state index contributed by atoms with van der Waals surface area (Å²) < 4.78 is 28.8. The standard InChI is InChI=1S/C30H37N3O4S/c1-5-27(30(35)31-23(2)3)32(21-20-25-15-8-6-9-16-25)29(34)22-33(28-19-13-12-14-24(28)4)38(36,37)26-17-10-7-11-18-26/h6-19,23,27H,5,20-22H2,1-4H3,(H,31,35)/t27-/m1/s1. The first-order chi connectivity index (χ1) is 18.1. The molecule has 7 nitrogen and oxygen atoms in total. The van der Waals surface area contributed by atoms with Gasteiger partial charge in [0.2, 0.25) is 11.8 Å². The molecule has 0 spiro atoms. The number of nitrogens with one attached hydrogen (secondary N) is 1. The lowest BCUT2D eigenvalue weighted by atomic mass is 10.1. The van der Waals surface area contributed by atoms with Crippen molar-refractivity contribution in [2.75, 3.05) is 17.4 Å². The Kier molecular flexibility index (Phi) is 10.1. The molecule has 0 heterocycles. The quantitative estimate of drug-likeness (QED) is 0.368. The van der Waals surface area contributed by atoms with Gasteiger partial charge in [-0.1, -0.05) is 73.7 Å². The number of hydrogen-bond acceptors (Lipinski definition) is 4. The molecule has 0 aromatic heterocycles. The third-order valence-electron chi connectivity index (χ3n) is 6.30. The molecule has 0 fully saturated rings. The third-order valence-corrected chi connectivity index (χ3v) is 8.07. The Labute approximate surface area is 226 Å². The Morgan fingerprint density at radius 3 is 2.03 bits per heavy atom. The van der Waals surface area contributed by atoms with E-state index in [9.17, 15) is 18.0 Å². The average molecular weight is 536 g/mol. The van der Waals surface area contributed by atoms with Gasteiger partial charge in [0.15, 0.2) is 0 Å². The Hall–Kier alpha value is -3.65. The van der Waals surface area contributed by atoms with Gasteiger partial charge in [-0.15, -0.1) is 0 Å². The number of anilines is 1. The molecule has 0 radical (unpaired) electrons. The number of aryl methyl sites for hydroxylation is 1. The zero-order valence-corrected chi connectivity index (χ0v) is 23.3. The fourth-order valence-electron chi connectivity index (χ4n) is 4.35. The fourth-order valence-corrected chi connectivity index (χ4v) is 5.85. The summed E-state index contributed by atoms with van der Waals surface area (Å²) in [6.45, 7) is 7.25. The Balaban J connectivity index is 2.01. The molecule has 2 amide bonds. The van der Waals surface area contributed by atoms with Gasteiger partial charge in [0.25, 0.3) is 10.0 Å². The lowest BCUT2D eigenvalue weighted by Gasteiger charge is -2.34. The van der Waals surface area contributed by atoms with Crippen LogP contribution < -0.4 is 9.62 Å². The van der Waals surface area contributed by atoms with E-state index >= 15 is 0 Å². The van der Waals surface area contributed by atoms with Crippen LogP contribution in [0.5, 0.6) is 0 Å². The molecule has 1 N–H and O–H groups in total. The monoisotopic (exact) mass is 535 g/mol. The predicted molar refractivity (Wildman–Crippen MR) is 151 cm³/mol. The van der Waals surface area contributed by atoms with Crippen molar-refractivity contribution in [3.05, 3.63) is 96.1 Å². The summed E-state index contributed by atoms with van der Waals surface area (Å²) in [5.74, 6) is -0.688. The highest BCUT2D eigenvalue weighted by atomic mass is 32.2. The van der Waals surface area contributed by atoms with Crippen LogP contribution in [0.15, 0.2) is 89.8 Å². The number of amides is 2. The molecule has 0 saturated carbocycles. The van der Waals surface area contributed by atoms with Crippen molar-refractivity contribution < 1.29 is 18.0 Å². The summed E-state index contributed by atoms with van der Waals surface area (Å²) in [4.78, 5) is 28.7. The summed E-state index contributed by atoms with van der Waals surface area (Å²) in [5.41, 5.74) is 2.17. The Morgan fingerprint density at radius 1 is 0.868 bits per heavy atom. The molecular formula is C30H37N3O4S. The Morgan fingerprint density at radius 2 is 1.45 bits per heavy atom. The predicted octanol–water partition coefficient (Wildman–Crippen LogP) is 4.56. The maximum atomic E-state index is 14.0. The topological polar surface area (TPSA) is 86.8 Å². The molecule has 1 atom stereocenters. The van der Waals surface area contributed by atoms with Crippen LogP contribution in [0.2, 0.25) is 0 Å². The van der Waals surface area contributed by atoms with Crippen molar-refractivity contribution in [1.82, 2.24) is 10.2 Å². The molecule has 0 unspecified atom stereocenters. The number of nitrogens with zero attached hydrogens (tertiary/aromatic N) is 2. The first-order valence-electron chi connectivity index (χ1n) is 12.9. The largest absolute Gasteiger partial charge is 0.352 e. The van der Waals surface area contributed by atoms with Crippen molar-refractivity contribution in [1.29, 1.82) is 0 Å². The number of hydrogen-bond donors (Lipinski definition) is 1. The summed E-state index contributed by atoms with van der Waals surface area (Å²) in [6, 6.07) is 24.1. The minimum absolute atomic E-state index is 0.0930. The summed E-state index contributed by atoms with van der Waals surface area (Å²) in [6.07, 6.45) is 0.933.